The third-order valence-electron chi connectivity index (χ3n) is 6.47. The van der Waals surface area contributed by atoms with Crippen molar-refractivity contribution in [3.63, 3.8) is 0 Å². The fourth-order valence-electron chi connectivity index (χ4n) is 4.74. The van der Waals surface area contributed by atoms with Crippen LogP contribution in [-0.2, 0) is 38.6 Å². The second-order valence-electron chi connectivity index (χ2n) is 10.2. The van der Waals surface area contributed by atoms with Crippen LogP contribution in [0.3, 0.4) is 0 Å². The minimum absolute atomic E-state index is 0.0158. The molecular weight excluding hydrogens is 513 g/mol. The Morgan fingerprint density at radius 2 is 1.71 bits per heavy atom. The van der Waals surface area contributed by atoms with Crippen molar-refractivity contribution >= 4 is 11.9 Å². The van der Waals surface area contributed by atoms with Crippen LogP contribution in [0.5, 0.6) is 0 Å². The van der Waals surface area contributed by atoms with Crippen LogP contribution in [0.2, 0.25) is 0 Å². The Hall–Kier alpha value is -3.05. The van der Waals surface area contributed by atoms with Gasteiger partial charge < -0.3 is 10.4 Å². The minimum Gasteiger partial charge on any atom is -0.387 e. The number of β-amino-alcohol motifs (C(OH)–C–C–N with tert-alkyl or cyclic N) is 1. The highest BCUT2D eigenvalue weighted by atomic mass is 19.4. The lowest BCUT2D eigenvalue weighted by atomic mass is 9.88. The van der Waals surface area contributed by atoms with E-state index in [4.69, 9.17) is 0 Å². The van der Waals surface area contributed by atoms with E-state index in [2.05, 4.69) is 27.2 Å². The van der Waals surface area contributed by atoms with Gasteiger partial charge in [0.2, 0.25) is 0 Å². The minimum atomic E-state index is -5.31. The molecule has 0 spiro atoms. The zero-order chi connectivity index (χ0) is 28.1. The molecule has 0 radical (unpaired) electrons. The number of aryl methyl sites for hydroxylation is 1. The molecule has 0 saturated heterocycles. The van der Waals surface area contributed by atoms with Crippen molar-refractivity contribution in [3.05, 3.63) is 70.3 Å². The van der Waals surface area contributed by atoms with Gasteiger partial charge in [0.25, 0.3) is 0 Å². The average Bonchev–Trinajstić information content (AvgIpc) is 3.24. The van der Waals surface area contributed by atoms with E-state index >= 15 is 0 Å². The lowest BCUT2D eigenvalue weighted by molar-refractivity contribution is -0.285. The second kappa shape index (κ2) is 12.2. The Morgan fingerprint density at radius 1 is 1.08 bits per heavy atom. The molecule has 2 N–H and O–H groups in total. The van der Waals surface area contributed by atoms with Gasteiger partial charge >= 0.3 is 18.1 Å². The van der Waals surface area contributed by atoms with Gasteiger partial charge in [-0.3, -0.25) is 0 Å². The quantitative estimate of drug-likeness (QED) is 0.248. The second-order valence-corrected chi connectivity index (χ2v) is 10.2. The highest BCUT2D eigenvalue weighted by molar-refractivity contribution is 5.76. The van der Waals surface area contributed by atoms with Gasteiger partial charge in [-0.1, -0.05) is 30.3 Å². The van der Waals surface area contributed by atoms with Crippen molar-refractivity contribution < 1.29 is 46.4 Å². The van der Waals surface area contributed by atoms with Crippen LogP contribution >= 0.6 is 0 Å². The van der Waals surface area contributed by atoms with E-state index in [1.54, 1.807) is 0 Å². The van der Waals surface area contributed by atoms with Gasteiger partial charge in [-0.25, -0.2) is 28.1 Å². The molecule has 0 amide bonds. The molecule has 38 heavy (non-hydrogen) atoms. The molecule has 2 aromatic rings. The predicted molar refractivity (Wildman–Crippen MR) is 127 cm³/mol. The summed E-state index contributed by atoms with van der Waals surface area (Å²) in [5.74, 6) is -5.85. The lowest BCUT2D eigenvalue weighted by Gasteiger charge is -2.30. The number of aliphatic hydroxyl groups excluding tert-OH is 1. The maximum Gasteiger partial charge on any atom is 0.495 e. The Kier molecular flexibility index (Phi) is 9.48. The summed E-state index contributed by atoms with van der Waals surface area (Å²) < 4.78 is 64.9. The molecule has 0 heterocycles. The standard InChI is InChI=1S/C27H30F5NO5/c1-26(2,14-17-10-18-7-3-4-8-19(18)11-17)33-15-22(34)20-12-16(13-21(28)24(20)29)6-5-9-23(35)37-38-25(36)27(30,31)32/h3-4,7-8,12-13,17,22,33-34H,5-6,9-11,14-15H2,1-2H3/t22-/m1/s1. The molecule has 11 heteroatoms. The van der Waals surface area contributed by atoms with E-state index in [0.717, 1.165) is 25.3 Å². The van der Waals surface area contributed by atoms with E-state index in [0.29, 0.717) is 5.92 Å². The van der Waals surface area contributed by atoms with Gasteiger partial charge in [0.15, 0.2) is 11.6 Å². The first-order valence-electron chi connectivity index (χ1n) is 12.2. The molecule has 1 atom stereocenters. The monoisotopic (exact) mass is 543 g/mol. The average molecular weight is 544 g/mol. The number of fused-ring (bicyclic) bond motifs is 1. The Balaban J connectivity index is 1.50. The number of halogens is 5. The zero-order valence-electron chi connectivity index (χ0n) is 21.0. The van der Waals surface area contributed by atoms with Crippen molar-refractivity contribution in [2.24, 2.45) is 5.92 Å². The number of nitrogens with one attached hydrogen (secondary N) is 1. The number of carbonyl (C=O) groups is 2. The number of carbonyl (C=O) groups excluding carboxylic acids is 2. The SMILES string of the molecule is CC(C)(CC1Cc2ccccc2C1)NC[C@@H](O)c1cc(CCCC(=O)OOC(=O)C(F)(F)F)cc(F)c1F. The summed E-state index contributed by atoms with van der Waals surface area (Å²) in [5, 5.41) is 13.9. The number of rotatable bonds is 10. The van der Waals surface area contributed by atoms with Crippen molar-refractivity contribution in [3.8, 4) is 0 Å². The van der Waals surface area contributed by atoms with Gasteiger partial charge in [-0.15, -0.1) is 0 Å². The highest BCUT2D eigenvalue weighted by Gasteiger charge is 2.43. The number of alkyl halides is 3. The summed E-state index contributed by atoms with van der Waals surface area (Å²) in [6.45, 7) is 3.95. The third kappa shape index (κ3) is 8.22. The predicted octanol–water partition coefficient (Wildman–Crippen LogP) is 5.06. The van der Waals surface area contributed by atoms with Crippen LogP contribution in [0, 0.1) is 17.6 Å². The Morgan fingerprint density at radius 3 is 2.32 bits per heavy atom. The van der Waals surface area contributed by atoms with E-state index in [1.165, 1.54) is 17.2 Å². The van der Waals surface area contributed by atoms with E-state index in [-0.39, 0.29) is 36.1 Å². The van der Waals surface area contributed by atoms with Crippen LogP contribution in [-0.4, -0.2) is 35.3 Å². The molecule has 0 bridgehead atoms. The van der Waals surface area contributed by atoms with Crippen molar-refractivity contribution in [2.45, 2.75) is 70.2 Å². The van der Waals surface area contributed by atoms with Crippen molar-refractivity contribution in [1.29, 1.82) is 0 Å². The third-order valence-corrected chi connectivity index (χ3v) is 6.47. The van der Waals surface area contributed by atoms with Gasteiger partial charge in [0.1, 0.15) is 0 Å². The maximum absolute atomic E-state index is 14.5. The van der Waals surface area contributed by atoms with Crippen molar-refractivity contribution in [1.82, 2.24) is 5.32 Å². The number of hydrogen-bond acceptors (Lipinski definition) is 6. The molecule has 0 unspecified atom stereocenters. The van der Waals surface area contributed by atoms with E-state index in [9.17, 15) is 36.6 Å². The van der Waals surface area contributed by atoms with Crippen LogP contribution in [0.4, 0.5) is 22.0 Å². The van der Waals surface area contributed by atoms with Crippen LogP contribution in [0.25, 0.3) is 0 Å². The van der Waals surface area contributed by atoms with Crippen LogP contribution in [0.15, 0.2) is 36.4 Å². The number of hydrogen-bond donors (Lipinski definition) is 2. The largest absolute Gasteiger partial charge is 0.495 e. The van der Waals surface area contributed by atoms with Crippen LogP contribution < -0.4 is 5.32 Å². The summed E-state index contributed by atoms with van der Waals surface area (Å²) >= 11 is 0. The van der Waals surface area contributed by atoms with Gasteiger partial charge in [0.05, 0.1) is 12.5 Å². The van der Waals surface area contributed by atoms with Gasteiger partial charge in [0, 0.05) is 17.6 Å². The normalized spacial score (nSPS) is 14.7. The molecule has 1 aliphatic carbocycles. The zero-order valence-corrected chi connectivity index (χ0v) is 21.0. The first-order chi connectivity index (χ1) is 17.7. The summed E-state index contributed by atoms with van der Waals surface area (Å²) in [7, 11) is 0. The topological polar surface area (TPSA) is 84.9 Å². The van der Waals surface area contributed by atoms with Crippen LogP contribution in [0.1, 0.15) is 61.5 Å². The Bertz CT molecular complexity index is 1130. The van der Waals surface area contributed by atoms with Gasteiger partial charge in [-0.2, -0.15) is 13.2 Å². The summed E-state index contributed by atoms with van der Waals surface area (Å²) in [6.07, 6.45) is -4.35. The first-order valence-corrected chi connectivity index (χ1v) is 12.2. The molecule has 208 valence electrons. The summed E-state index contributed by atoms with van der Waals surface area (Å²) in [5.41, 5.74) is 2.30. The molecule has 6 nitrogen and oxygen atoms in total. The molecule has 3 rings (SSSR count). The summed E-state index contributed by atoms with van der Waals surface area (Å²) in [4.78, 5) is 29.2. The van der Waals surface area contributed by atoms with Crippen molar-refractivity contribution in [2.75, 3.05) is 6.54 Å². The fourth-order valence-corrected chi connectivity index (χ4v) is 4.74. The van der Waals surface area contributed by atoms with E-state index < -0.39 is 42.3 Å². The lowest BCUT2D eigenvalue weighted by Crippen LogP contribution is -2.43. The molecule has 0 aliphatic heterocycles. The molecule has 0 aromatic heterocycles. The molecule has 0 fully saturated rings. The molecular formula is C27H30F5NO5. The fraction of sp³-hybridized carbons (Fsp3) is 0.481. The van der Waals surface area contributed by atoms with Gasteiger partial charge in [-0.05, 0) is 74.6 Å². The smallest absolute Gasteiger partial charge is 0.387 e. The Labute approximate surface area is 217 Å². The molecule has 1 aliphatic rings. The van der Waals surface area contributed by atoms with E-state index in [1.807, 2.05) is 26.0 Å². The number of aliphatic hydroxyl groups is 1. The first kappa shape index (κ1) is 29.5. The highest BCUT2D eigenvalue weighted by Crippen LogP contribution is 2.32. The maximum atomic E-state index is 14.5. The summed E-state index contributed by atoms with van der Waals surface area (Å²) in [6, 6.07) is 10.5. The number of benzene rings is 2. The molecule has 0 saturated carbocycles. The molecule has 2 aromatic carbocycles.